The van der Waals surface area contributed by atoms with E-state index in [0.717, 1.165) is 42.9 Å². The number of ether oxygens (including phenoxy) is 2. The minimum absolute atomic E-state index is 0.114. The number of rotatable bonds is 5. The van der Waals surface area contributed by atoms with Crippen LogP contribution in [0, 0.1) is 13.8 Å². The molecule has 0 bridgehead atoms. The van der Waals surface area contributed by atoms with Gasteiger partial charge < -0.3 is 14.8 Å². The molecule has 2 heterocycles. The summed E-state index contributed by atoms with van der Waals surface area (Å²) in [6, 6.07) is 13.7. The molecule has 8 heteroatoms. The number of carbonyl (C=O) groups is 1. The Labute approximate surface area is 191 Å². The molecule has 1 aliphatic heterocycles. The zero-order chi connectivity index (χ0) is 22.1. The molecule has 32 heavy (non-hydrogen) atoms. The molecule has 2 aromatic carbocycles. The molecule has 7 nitrogen and oxygen atoms in total. The molecule has 2 aliphatic rings. The van der Waals surface area contributed by atoms with Gasteiger partial charge in [0.05, 0.1) is 5.75 Å². The number of nitrogens with one attached hydrogen (secondary N) is 1. The first-order valence-corrected chi connectivity index (χ1v) is 11.9. The highest BCUT2D eigenvalue weighted by atomic mass is 32.2. The zero-order valence-electron chi connectivity index (χ0n) is 18.3. The fourth-order valence-corrected chi connectivity index (χ4v) is 5.02. The van der Waals surface area contributed by atoms with E-state index >= 15 is 0 Å². The van der Waals surface area contributed by atoms with Gasteiger partial charge in [-0.15, -0.1) is 10.2 Å². The van der Waals surface area contributed by atoms with Crippen molar-refractivity contribution in [1.82, 2.24) is 14.8 Å². The van der Waals surface area contributed by atoms with Crippen molar-refractivity contribution in [3.8, 4) is 17.2 Å². The highest BCUT2D eigenvalue weighted by molar-refractivity contribution is 7.99. The first-order valence-electron chi connectivity index (χ1n) is 11.0. The summed E-state index contributed by atoms with van der Waals surface area (Å²) in [5, 5.41) is 12.1. The molecule has 1 aliphatic carbocycles. The summed E-state index contributed by atoms with van der Waals surface area (Å²) in [5.41, 5.74) is 2.86. The van der Waals surface area contributed by atoms with Gasteiger partial charge in [0.1, 0.15) is 5.82 Å². The van der Waals surface area contributed by atoms with Crippen LogP contribution in [0.15, 0.2) is 47.6 Å². The van der Waals surface area contributed by atoms with Crippen molar-refractivity contribution in [3.05, 3.63) is 53.9 Å². The Kier molecular flexibility index (Phi) is 5.55. The Morgan fingerprint density at radius 1 is 1.03 bits per heavy atom. The molecule has 0 radical (unpaired) electrons. The minimum Gasteiger partial charge on any atom is -0.448 e. The molecule has 1 fully saturated rings. The second-order valence-electron chi connectivity index (χ2n) is 8.37. The van der Waals surface area contributed by atoms with Crippen LogP contribution in [-0.2, 0) is 4.79 Å². The summed E-state index contributed by atoms with van der Waals surface area (Å²) in [6.07, 6.45) is 5.26. The van der Waals surface area contributed by atoms with E-state index in [-0.39, 0.29) is 11.7 Å². The van der Waals surface area contributed by atoms with E-state index in [1.165, 1.54) is 23.7 Å². The number of anilines is 1. The van der Waals surface area contributed by atoms with Crippen LogP contribution in [0.25, 0.3) is 5.69 Å². The quantitative estimate of drug-likeness (QED) is 0.548. The summed E-state index contributed by atoms with van der Waals surface area (Å²) in [7, 11) is 0. The van der Waals surface area contributed by atoms with Crippen molar-refractivity contribution in [2.45, 2.75) is 56.9 Å². The monoisotopic (exact) mass is 450 g/mol. The Morgan fingerprint density at radius 3 is 2.56 bits per heavy atom. The number of fused-ring (bicyclic) bond motifs is 1. The van der Waals surface area contributed by atoms with Gasteiger partial charge in [-0.2, -0.15) is 0 Å². The fourth-order valence-electron chi connectivity index (χ4n) is 4.22. The first kappa shape index (κ1) is 20.9. The molecule has 0 atom stereocenters. The van der Waals surface area contributed by atoms with Crippen LogP contribution in [0.1, 0.15) is 43.5 Å². The Morgan fingerprint density at radius 2 is 1.78 bits per heavy atom. The van der Waals surface area contributed by atoms with Crippen LogP contribution in [0.5, 0.6) is 11.5 Å². The van der Waals surface area contributed by atoms with Gasteiger partial charge in [-0.25, -0.2) is 0 Å². The van der Waals surface area contributed by atoms with E-state index in [9.17, 15) is 4.79 Å². The minimum atomic E-state index is -0.517. The summed E-state index contributed by atoms with van der Waals surface area (Å²) in [4.78, 5) is 12.6. The topological polar surface area (TPSA) is 78.3 Å². The molecule has 1 amide bonds. The molecule has 1 aromatic heterocycles. The van der Waals surface area contributed by atoms with Crippen molar-refractivity contribution in [1.29, 1.82) is 0 Å². The highest BCUT2D eigenvalue weighted by Crippen LogP contribution is 2.46. The molecule has 1 N–H and O–H groups in total. The van der Waals surface area contributed by atoms with Crippen LogP contribution in [0.4, 0.5) is 5.69 Å². The normalized spacial score (nSPS) is 16.3. The average Bonchev–Trinajstić information content (AvgIpc) is 3.32. The first-order chi connectivity index (χ1) is 15.5. The lowest BCUT2D eigenvalue weighted by atomic mass is 9.94. The largest absolute Gasteiger partial charge is 0.448 e. The van der Waals surface area contributed by atoms with E-state index in [2.05, 4.69) is 15.5 Å². The predicted molar refractivity (Wildman–Crippen MR) is 124 cm³/mol. The lowest BCUT2D eigenvalue weighted by molar-refractivity contribution is -0.113. The predicted octanol–water partition coefficient (Wildman–Crippen LogP) is 5.05. The van der Waals surface area contributed by atoms with Crippen molar-refractivity contribution < 1.29 is 14.3 Å². The van der Waals surface area contributed by atoms with Crippen LogP contribution in [-0.4, -0.2) is 32.2 Å². The third-order valence-corrected chi connectivity index (χ3v) is 6.78. The zero-order valence-corrected chi connectivity index (χ0v) is 19.1. The molecular formula is C24H26N4O3S. The van der Waals surface area contributed by atoms with Gasteiger partial charge in [-0.1, -0.05) is 35.9 Å². The maximum atomic E-state index is 12.6. The van der Waals surface area contributed by atoms with Gasteiger partial charge >= 0.3 is 0 Å². The number of benzene rings is 2. The molecule has 1 saturated carbocycles. The maximum absolute atomic E-state index is 12.6. The van der Waals surface area contributed by atoms with Gasteiger partial charge in [0.15, 0.2) is 16.7 Å². The second-order valence-corrected chi connectivity index (χ2v) is 9.32. The van der Waals surface area contributed by atoms with Crippen molar-refractivity contribution in [2.75, 3.05) is 11.1 Å². The number of aromatic nitrogens is 3. The number of hydrogen-bond donors (Lipinski definition) is 1. The number of carbonyl (C=O) groups excluding carboxylic acids is 1. The number of amides is 1. The average molecular weight is 451 g/mol. The number of thioether (sulfide) groups is 1. The van der Waals surface area contributed by atoms with Gasteiger partial charge in [-0.05, 0) is 51.0 Å². The third-order valence-electron chi connectivity index (χ3n) is 5.85. The van der Waals surface area contributed by atoms with Crippen molar-refractivity contribution >= 4 is 23.4 Å². The Bertz CT molecular complexity index is 1140. The van der Waals surface area contributed by atoms with Gasteiger partial charge in [0, 0.05) is 30.3 Å². The Hall–Kier alpha value is -3.00. The number of aryl methyl sites for hydroxylation is 2. The summed E-state index contributed by atoms with van der Waals surface area (Å²) in [5.74, 6) is 1.83. The van der Waals surface area contributed by atoms with E-state index in [0.29, 0.717) is 16.6 Å². The van der Waals surface area contributed by atoms with Gasteiger partial charge in [-0.3, -0.25) is 9.36 Å². The lowest BCUT2D eigenvalue weighted by Gasteiger charge is -2.31. The summed E-state index contributed by atoms with van der Waals surface area (Å²) in [6.45, 7) is 3.95. The molecule has 166 valence electrons. The van der Waals surface area contributed by atoms with Crippen LogP contribution in [0.2, 0.25) is 0 Å². The van der Waals surface area contributed by atoms with Gasteiger partial charge in [0.2, 0.25) is 5.91 Å². The lowest BCUT2D eigenvalue weighted by Crippen LogP contribution is -2.40. The van der Waals surface area contributed by atoms with Crippen molar-refractivity contribution in [3.63, 3.8) is 0 Å². The van der Waals surface area contributed by atoms with Crippen LogP contribution >= 0.6 is 11.8 Å². The van der Waals surface area contributed by atoms with E-state index in [1.807, 2.05) is 60.9 Å². The third kappa shape index (κ3) is 4.19. The van der Waals surface area contributed by atoms with Crippen LogP contribution < -0.4 is 14.8 Å². The van der Waals surface area contributed by atoms with Crippen molar-refractivity contribution in [2.24, 2.45) is 0 Å². The fraction of sp³-hybridized carbons (Fsp3) is 0.375. The molecule has 0 unspecified atom stereocenters. The molecule has 0 saturated heterocycles. The second kappa shape index (κ2) is 8.50. The van der Waals surface area contributed by atoms with E-state index in [1.54, 1.807) is 0 Å². The Balaban J connectivity index is 1.23. The maximum Gasteiger partial charge on any atom is 0.251 e. The van der Waals surface area contributed by atoms with E-state index in [4.69, 9.17) is 9.47 Å². The number of hydrogen-bond acceptors (Lipinski definition) is 6. The standard InChI is InChI=1S/C24H26N4O3S/c1-16-6-9-19(10-7-16)28-17(2)26-27-23(28)32-15-22(29)25-18-8-11-20-21(14-18)31-24(30-20)12-4-3-5-13-24/h6-11,14H,3-5,12-13,15H2,1-2H3,(H,25,29). The molecular weight excluding hydrogens is 424 g/mol. The van der Waals surface area contributed by atoms with E-state index < -0.39 is 5.79 Å². The molecule has 5 rings (SSSR count). The summed E-state index contributed by atoms with van der Waals surface area (Å²) >= 11 is 1.36. The van der Waals surface area contributed by atoms with Gasteiger partial charge in [0.25, 0.3) is 5.79 Å². The number of nitrogens with zero attached hydrogens (tertiary/aromatic N) is 3. The molecule has 1 spiro atoms. The van der Waals surface area contributed by atoms with Crippen LogP contribution in [0.3, 0.4) is 0 Å². The smallest absolute Gasteiger partial charge is 0.251 e. The summed E-state index contributed by atoms with van der Waals surface area (Å²) < 4.78 is 14.2. The SMILES string of the molecule is Cc1ccc(-n2c(C)nnc2SCC(=O)Nc2ccc3c(c2)OC2(CCCCC2)O3)cc1. The highest BCUT2D eigenvalue weighted by Gasteiger charge is 2.42. The molecule has 3 aromatic rings.